The molecule has 0 fully saturated rings. The molecule has 0 aromatic heterocycles. The van der Waals surface area contributed by atoms with Gasteiger partial charge in [-0.2, -0.15) is 8.42 Å². The Labute approximate surface area is 93.0 Å². The lowest BCUT2D eigenvalue weighted by Crippen LogP contribution is -2.40. The van der Waals surface area contributed by atoms with Gasteiger partial charge in [0.2, 0.25) is 0 Å². The minimum atomic E-state index is -3.33. The molecule has 0 amide bonds. The average Bonchev–Trinajstić information content (AvgIpc) is 2.13. The Morgan fingerprint density at radius 3 is 2.13 bits per heavy atom. The van der Waals surface area contributed by atoms with E-state index in [9.17, 15) is 8.42 Å². The summed E-state index contributed by atoms with van der Waals surface area (Å²) in [5.74, 6) is 0.577. The molecule has 4 N–H and O–H groups in total. The van der Waals surface area contributed by atoms with E-state index in [0.29, 0.717) is 25.6 Å². The predicted molar refractivity (Wildman–Crippen MR) is 62.6 cm³/mol. The fraction of sp³-hybridized carbons (Fsp3) is 1.00. The Hall–Kier alpha value is -0.170. The SMILES string of the molecule is CC(C)CNS(=O)(=O)NCC(C)CCN. The minimum absolute atomic E-state index is 0.269. The molecule has 0 radical (unpaired) electrons. The van der Waals surface area contributed by atoms with Gasteiger partial charge in [0.15, 0.2) is 0 Å². The summed E-state index contributed by atoms with van der Waals surface area (Å²) in [6.45, 7) is 7.37. The maximum absolute atomic E-state index is 11.4. The molecule has 0 aliphatic rings. The molecule has 0 spiro atoms. The molecule has 0 heterocycles. The van der Waals surface area contributed by atoms with Gasteiger partial charge in [0, 0.05) is 13.1 Å². The molecule has 15 heavy (non-hydrogen) atoms. The first kappa shape index (κ1) is 14.8. The monoisotopic (exact) mass is 237 g/mol. The van der Waals surface area contributed by atoms with Gasteiger partial charge in [0.1, 0.15) is 0 Å². The van der Waals surface area contributed by atoms with Crippen molar-refractivity contribution in [3.8, 4) is 0 Å². The molecule has 5 nitrogen and oxygen atoms in total. The summed E-state index contributed by atoms with van der Waals surface area (Å²) in [6, 6.07) is 0. The molecule has 6 heteroatoms. The zero-order valence-electron chi connectivity index (χ0n) is 9.79. The van der Waals surface area contributed by atoms with E-state index in [1.165, 1.54) is 0 Å². The smallest absolute Gasteiger partial charge is 0.276 e. The Bertz CT molecular complexity index is 252. The molecule has 0 bridgehead atoms. The first-order valence-electron chi connectivity index (χ1n) is 5.31. The predicted octanol–water partition coefficient (Wildman–Crippen LogP) is 0.0513. The molecule has 0 saturated heterocycles. The van der Waals surface area contributed by atoms with Gasteiger partial charge in [-0.1, -0.05) is 20.8 Å². The molecule has 0 aliphatic heterocycles. The maximum Gasteiger partial charge on any atom is 0.276 e. The highest BCUT2D eigenvalue weighted by molar-refractivity contribution is 7.87. The molecule has 1 unspecified atom stereocenters. The third-order valence-electron chi connectivity index (χ3n) is 1.96. The Kier molecular flexibility index (Phi) is 7.08. The summed E-state index contributed by atoms with van der Waals surface area (Å²) in [6.07, 6.45) is 0.826. The summed E-state index contributed by atoms with van der Waals surface area (Å²) < 4.78 is 27.8. The van der Waals surface area contributed by atoms with Gasteiger partial charge in [0.05, 0.1) is 0 Å². The van der Waals surface area contributed by atoms with Crippen LogP contribution in [0.2, 0.25) is 0 Å². The first-order valence-corrected chi connectivity index (χ1v) is 6.80. The highest BCUT2D eigenvalue weighted by Crippen LogP contribution is 1.98. The van der Waals surface area contributed by atoms with Gasteiger partial charge < -0.3 is 5.73 Å². The van der Waals surface area contributed by atoms with E-state index in [1.54, 1.807) is 0 Å². The van der Waals surface area contributed by atoms with E-state index >= 15 is 0 Å². The van der Waals surface area contributed by atoms with Crippen LogP contribution in [0, 0.1) is 11.8 Å². The van der Waals surface area contributed by atoms with E-state index in [2.05, 4.69) is 9.44 Å². The van der Waals surface area contributed by atoms with Crippen molar-refractivity contribution < 1.29 is 8.42 Å². The number of hydrogen-bond acceptors (Lipinski definition) is 3. The van der Waals surface area contributed by atoms with E-state index in [0.717, 1.165) is 6.42 Å². The van der Waals surface area contributed by atoms with E-state index < -0.39 is 10.2 Å². The largest absolute Gasteiger partial charge is 0.330 e. The lowest BCUT2D eigenvalue weighted by molar-refractivity contribution is 0.504. The summed E-state index contributed by atoms with van der Waals surface area (Å²) in [5.41, 5.74) is 5.37. The first-order chi connectivity index (χ1) is 6.87. The van der Waals surface area contributed by atoms with Crippen LogP contribution in [0.15, 0.2) is 0 Å². The lowest BCUT2D eigenvalue weighted by atomic mass is 10.1. The third-order valence-corrected chi connectivity index (χ3v) is 3.06. The van der Waals surface area contributed by atoms with Crippen molar-refractivity contribution in [2.45, 2.75) is 27.2 Å². The lowest BCUT2D eigenvalue weighted by Gasteiger charge is -2.13. The van der Waals surface area contributed by atoms with Gasteiger partial charge in [-0.15, -0.1) is 0 Å². The van der Waals surface area contributed by atoms with Crippen LogP contribution >= 0.6 is 0 Å². The molecule has 0 aromatic carbocycles. The Morgan fingerprint density at radius 2 is 1.67 bits per heavy atom. The Balaban J connectivity index is 3.83. The molecule has 0 aliphatic carbocycles. The fourth-order valence-corrected chi connectivity index (χ4v) is 2.12. The van der Waals surface area contributed by atoms with Crippen LogP contribution in [0.4, 0.5) is 0 Å². The minimum Gasteiger partial charge on any atom is -0.330 e. The Morgan fingerprint density at radius 1 is 1.13 bits per heavy atom. The topological polar surface area (TPSA) is 84.2 Å². The zero-order valence-corrected chi connectivity index (χ0v) is 10.6. The van der Waals surface area contributed by atoms with Crippen molar-refractivity contribution in [1.82, 2.24) is 9.44 Å². The standard InChI is InChI=1S/C9H23N3O2S/c1-8(2)6-11-15(13,14)12-7-9(3)4-5-10/h8-9,11-12H,4-7,10H2,1-3H3. The van der Waals surface area contributed by atoms with Crippen molar-refractivity contribution in [1.29, 1.82) is 0 Å². The normalized spacial score (nSPS) is 14.5. The van der Waals surface area contributed by atoms with Crippen LogP contribution in [0.25, 0.3) is 0 Å². The maximum atomic E-state index is 11.4. The van der Waals surface area contributed by atoms with Crippen LogP contribution in [0.5, 0.6) is 0 Å². The second-order valence-corrected chi connectivity index (χ2v) is 5.86. The van der Waals surface area contributed by atoms with Gasteiger partial charge in [0.25, 0.3) is 10.2 Å². The van der Waals surface area contributed by atoms with Gasteiger partial charge in [-0.25, -0.2) is 9.44 Å². The number of rotatable bonds is 8. The quantitative estimate of drug-likeness (QED) is 0.558. The van der Waals surface area contributed by atoms with E-state index in [4.69, 9.17) is 5.73 Å². The van der Waals surface area contributed by atoms with Gasteiger partial charge in [-0.3, -0.25) is 0 Å². The second kappa shape index (κ2) is 7.16. The summed E-state index contributed by atoms with van der Waals surface area (Å²) in [4.78, 5) is 0. The van der Waals surface area contributed by atoms with E-state index in [1.807, 2.05) is 20.8 Å². The van der Waals surface area contributed by atoms with Crippen LogP contribution in [-0.4, -0.2) is 28.1 Å². The highest BCUT2D eigenvalue weighted by Gasteiger charge is 2.11. The van der Waals surface area contributed by atoms with Crippen LogP contribution in [0.1, 0.15) is 27.2 Å². The third kappa shape index (κ3) is 8.80. The fourth-order valence-electron chi connectivity index (χ4n) is 0.966. The van der Waals surface area contributed by atoms with Crippen molar-refractivity contribution in [3.05, 3.63) is 0 Å². The van der Waals surface area contributed by atoms with Crippen molar-refractivity contribution in [2.24, 2.45) is 17.6 Å². The molecule has 1 atom stereocenters. The van der Waals surface area contributed by atoms with Crippen LogP contribution in [0.3, 0.4) is 0 Å². The highest BCUT2D eigenvalue weighted by atomic mass is 32.2. The van der Waals surface area contributed by atoms with Crippen molar-refractivity contribution in [2.75, 3.05) is 19.6 Å². The number of hydrogen-bond donors (Lipinski definition) is 3. The van der Waals surface area contributed by atoms with Gasteiger partial charge in [-0.05, 0) is 24.8 Å². The summed E-state index contributed by atoms with van der Waals surface area (Å²) in [5, 5.41) is 0. The number of nitrogens with one attached hydrogen (secondary N) is 2. The second-order valence-electron chi connectivity index (χ2n) is 4.28. The summed E-state index contributed by atoms with van der Waals surface area (Å²) in [7, 11) is -3.33. The molecule has 0 rings (SSSR count). The van der Waals surface area contributed by atoms with Crippen molar-refractivity contribution >= 4 is 10.2 Å². The van der Waals surface area contributed by atoms with Crippen molar-refractivity contribution in [3.63, 3.8) is 0 Å². The molecule has 0 aromatic rings. The van der Waals surface area contributed by atoms with Crippen LogP contribution < -0.4 is 15.2 Å². The van der Waals surface area contributed by atoms with Gasteiger partial charge >= 0.3 is 0 Å². The summed E-state index contributed by atoms with van der Waals surface area (Å²) >= 11 is 0. The molecule has 92 valence electrons. The molecule has 0 saturated carbocycles. The van der Waals surface area contributed by atoms with Crippen LogP contribution in [-0.2, 0) is 10.2 Å². The zero-order chi connectivity index (χ0) is 11.9. The number of nitrogens with two attached hydrogens (primary N) is 1. The molecular weight excluding hydrogens is 214 g/mol. The molecular formula is C9H23N3O2S. The van der Waals surface area contributed by atoms with E-state index in [-0.39, 0.29) is 5.92 Å². The average molecular weight is 237 g/mol.